The number of hydrogen-bond acceptors (Lipinski definition) is 7. The van der Waals surface area contributed by atoms with Crippen molar-refractivity contribution in [2.24, 2.45) is 11.8 Å². The van der Waals surface area contributed by atoms with Gasteiger partial charge in [-0.1, -0.05) is 54.8 Å². The normalized spacial score (nSPS) is 17.2. The first-order valence-electron chi connectivity index (χ1n) is 11.5. The number of ether oxygens (including phenoxy) is 1. The molecule has 0 bridgehead atoms. The maximum absolute atomic E-state index is 13.4. The van der Waals surface area contributed by atoms with Gasteiger partial charge in [-0.25, -0.2) is 8.42 Å². The van der Waals surface area contributed by atoms with Crippen LogP contribution < -0.4 is 10.1 Å². The van der Waals surface area contributed by atoms with Crippen molar-refractivity contribution in [2.45, 2.75) is 42.9 Å². The number of nitrogens with one attached hydrogen (secondary N) is 1. The molecule has 1 aliphatic carbocycles. The summed E-state index contributed by atoms with van der Waals surface area (Å²) in [7, 11) is -5.80. The monoisotopic (exact) mass is 519 g/mol. The second-order valence-electron chi connectivity index (χ2n) is 9.27. The Labute approximate surface area is 209 Å². The third-order valence-electron chi connectivity index (χ3n) is 6.31. The predicted octanol–water partition coefficient (Wildman–Crippen LogP) is 1.77. The van der Waals surface area contributed by atoms with Gasteiger partial charge in [0, 0.05) is 18.1 Å². The van der Waals surface area contributed by atoms with Crippen LogP contribution in [-0.2, 0) is 32.3 Å². The van der Waals surface area contributed by atoms with Crippen molar-refractivity contribution in [3.63, 3.8) is 0 Å². The highest BCUT2D eigenvalue weighted by Gasteiger charge is 2.36. The van der Waals surface area contributed by atoms with Crippen molar-refractivity contribution >= 4 is 40.2 Å². The van der Waals surface area contributed by atoms with Crippen LogP contribution in [0.1, 0.15) is 30.4 Å². The molecule has 1 heterocycles. The van der Waals surface area contributed by atoms with E-state index in [1.165, 1.54) is 12.1 Å². The summed E-state index contributed by atoms with van der Waals surface area (Å²) in [6.45, 7) is -0.140. The lowest BCUT2D eigenvalue weighted by molar-refractivity contribution is -0.125. The van der Waals surface area contributed by atoms with E-state index >= 15 is 0 Å². The summed E-state index contributed by atoms with van der Waals surface area (Å²) in [6.07, 6.45) is 2.59. The molecule has 35 heavy (non-hydrogen) atoms. The van der Waals surface area contributed by atoms with Crippen LogP contribution in [0.15, 0.2) is 47.4 Å². The fourth-order valence-corrected chi connectivity index (χ4v) is 6.42. The molecule has 2 atom stereocenters. The van der Waals surface area contributed by atoms with E-state index in [1.54, 1.807) is 24.3 Å². The Bertz CT molecular complexity index is 1200. The van der Waals surface area contributed by atoms with Gasteiger partial charge in [-0.3, -0.25) is 9.59 Å². The summed E-state index contributed by atoms with van der Waals surface area (Å²) in [5.41, 5.74) is 1.29. The number of ketones is 1. The first kappa shape index (κ1) is 25.7. The molecule has 186 valence electrons. The fourth-order valence-electron chi connectivity index (χ4n) is 4.26. The predicted molar refractivity (Wildman–Crippen MR) is 131 cm³/mol. The Balaban J connectivity index is 1.59. The van der Waals surface area contributed by atoms with E-state index in [0.29, 0.717) is 17.9 Å². The summed E-state index contributed by atoms with van der Waals surface area (Å²) < 4.78 is 32.2. The molecule has 1 fully saturated rings. The number of rotatable bonds is 10. The van der Waals surface area contributed by atoms with E-state index < -0.39 is 40.5 Å². The molecule has 8 nitrogen and oxygen atoms in total. The zero-order valence-corrected chi connectivity index (χ0v) is 20.6. The molecule has 4 rings (SSSR count). The van der Waals surface area contributed by atoms with E-state index in [1.807, 2.05) is 6.07 Å². The highest BCUT2D eigenvalue weighted by atomic mass is 35.5. The van der Waals surface area contributed by atoms with Crippen molar-refractivity contribution in [3.05, 3.63) is 58.6 Å². The van der Waals surface area contributed by atoms with E-state index in [2.05, 4.69) is 5.32 Å². The van der Waals surface area contributed by atoms with Crippen LogP contribution in [0.2, 0.25) is 5.02 Å². The van der Waals surface area contributed by atoms with E-state index in [-0.39, 0.29) is 40.9 Å². The molecule has 0 aromatic heterocycles. The van der Waals surface area contributed by atoms with Crippen LogP contribution in [0.5, 0.6) is 5.75 Å². The Morgan fingerprint density at radius 3 is 2.57 bits per heavy atom. The van der Waals surface area contributed by atoms with Crippen molar-refractivity contribution in [2.75, 3.05) is 12.4 Å². The molecule has 1 amide bonds. The second-order valence-corrected chi connectivity index (χ2v) is 11.7. The quantitative estimate of drug-likeness (QED) is 0.408. The van der Waals surface area contributed by atoms with Crippen molar-refractivity contribution < 1.29 is 32.8 Å². The van der Waals surface area contributed by atoms with Crippen LogP contribution in [0.4, 0.5) is 0 Å². The zero-order valence-electron chi connectivity index (χ0n) is 19.0. The lowest BCUT2D eigenvalue weighted by Gasteiger charge is -2.23. The van der Waals surface area contributed by atoms with Gasteiger partial charge in [0.15, 0.2) is 15.6 Å². The lowest BCUT2D eigenvalue weighted by atomic mass is 9.76. The maximum Gasteiger partial charge on any atom is 0.475 e. The van der Waals surface area contributed by atoms with Gasteiger partial charge in [0.2, 0.25) is 5.91 Å². The summed E-state index contributed by atoms with van der Waals surface area (Å²) in [5, 5.41) is 22.1. The van der Waals surface area contributed by atoms with Crippen molar-refractivity contribution in [1.82, 2.24) is 5.32 Å². The SMILES string of the molecule is O=C1COc2cc(S(=O)(=O)C[C@@H](Cc3ccccc3)C(=O)N[C@@H](CC3CC3)B(O)O)c(Cl)cc2C1. The summed E-state index contributed by atoms with van der Waals surface area (Å²) in [6, 6.07) is 11.7. The minimum absolute atomic E-state index is 0.0432. The van der Waals surface area contributed by atoms with Gasteiger partial charge in [-0.15, -0.1) is 0 Å². The molecular formula is C24H27BClNO7S. The van der Waals surface area contributed by atoms with Crippen molar-refractivity contribution in [1.29, 1.82) is 0 Å². The fraction of sp³-hybridized carbons (Fsp3) is 0.417. The van der Waals surface area contributed by atoms with E-state index in [4.69, 9.17) is 16.3 Å². The Kier molecular flexibility index (Phi) is 7.85. The van der Waals surface area contributed by atoms with Gasteiger partial charge in [-0.05, 0) is 30.4 Å². The number of Topliss-reactive ketones (excluding diaryl/α,β-unsaturated/α-hetero) is 1. The third kappa shape index (κ3) is 6.64. The van der Waals surface area contributed by atoms with Gasteiger partial charge in [-0.2, -0.15) is 0 Å². The number of carbonyl (C=O) groups excluding carboxylic acids is 2. The zero-order chi connectivity index (χ0) is 25.2. The molecule has 2 aliphatic rings. The summed E-state index contributed by atoms with van der Waals surface area (Å²) >= 11 is 6.29. The van der Waals surface area contributed by atoms with Crippen LogP contribution in [-0.4, -0.2) is 55.6 Å². The molecule has 2 aromatic carbocycles. The largest absolute Gasteiger partial charge is 0.485 e. The number of sulfone groups is 1. The molecule has 0 radical (unpaired) electrons. The van der Waals surface area contributed by atoms with E-state index in [9.17, 15) is 28.1 Å². The van der Waals surface area contributed by atoms with Crippen LogP contribution in [0.3, 0.4) is 0 Å². The van der Waals surface area contributed by atoms with Gasteiger partial charge in [0.1, 0.15) is 12.4 Å². The second kappa shape index (κ2) is 10.7. The Morgan fingerprint density at radius 2 is 1.91 bits per heavy atom. The molecule has 1 saturated carbocycles. The highest BCUT2D eigenvalue weighted by molar-refractivity contribution is 7.91. The van der Waals surface area contributed by atoms with E-state index in [0.717, 1.165) is 18.4 Å². The van der Waals surface area contributed by atoms with Gasteiger partial charge in [0.05, 0.1) is 27.5 Å². The molecule has 2 aromatic rings. The Morgan fingerprint density at radius 1 is 1.20 bits per heavy atom. The van der Waals surface area contributed by atoms with Crippen LogP contribution in [0.25, 0.3) is 0 Å². The van der Waals surface area contributed by atoms with Crippen LogP contribution >= 0.6 is 11.6 Å². The average Bonchev–Trinajstić information content (AvgIpc) is 3.62. The first-order chi connectivity index (χ1) is 16.6. The lowest BCUT2D eigenvalue weighted by Crippen LogP contribution is -2.50. The number of carbonyl (C=O) groups is 2. The smallest absolute Gasteiger partial charge is 0.475 e. The van der Waals surface area contributed by atoms with Crippen LogP contribution in [0, 0.1) is 11.8 Å². The molecule has 1 aliphatic heterocycles. The molecule has 11 heteroatoms. The number of halogens is 1. The standard InChI is InChI=1S/C24H27BClNO7S/c26-20-11-17-10-19(28)13-34-21(17)12-22(20)35(32,33)14-18(8-15-4-2-1-3-5-15)24(29)27-23(25(30)31)9-16-6-7-16/h1-5,11-12,16,18,23,30-31H,6-10,13-14H2,(H,27,29)/t18-,23+/m1/s1. The average molecular weight is 520 g/mol. The number of amides is 1. The number of benzene rings is 2. The van der Waals surface area contributed by atoms with Gasteiger partial charge in [0.25, 0.3) is 0 Å². The van der Waals surface area contributed by atoms with Crippen molar-refractivity contribution in [3.8, 4) is 5.75 Å². The highest BCUT2D eigenvalue weighted by Crippen LogP contribution is 2.35. The molecule has 0 spiro atoms. The minimum atomic E-state index is -4.05. The molecule has 0 saturated heterocycles. The first-order valence-corrected chi connectivity index (χ1v) is 13.6. The summed E-state index contributed by atoms with van der Waals surface area (Å²) in [5.74, 6) is -2.53. The molecule has 0 unspecified atom stereocenters. The van der Waals surface area contributed by atoms with Gasteiger partial charge >= 0.3 is 7.12 Å². The molecular weight excluding hydrogens is 493 g/mol. The molecule has 3 N–H and O–H groups in total. The Hall–Kier alpha value is -2.40. The summed E-state index contributed by atoms with van der Waals surface area (Å²) in [4.78, 5) is 24.7. The number of hydrogen-bond donors (Lipinski definition) is 3. The maximum atomic E-state index is 13.4. The third-order valence-corrected chi connectivity index (χ3v) is 8.59. The van der Waals surface area contributed by atoms with Gasteiger partial charge < -0.3 is 20.1 Å². The minimum Gasteiger partial charge on any atom is -0.485 e. The topological polar surface area (TPSA) is 130 Å². The number of fused-ring (bicyclic) bond motifs is 1.